The van der Waals surface area contributed by atoms with Crippen LogP contribution < -0.4 is 31.8 Å². The SMILES string of the molecule is CCN1CCN(C(=O)NC(C(=O)N[C@]2(NC=O)C(=O)N3C(C(=O)OC(c4ccccc4)c4ccccc4)=C(CSc4n[nH]c(=O)c(=O)n4C)CS[C@H]32)c2ccc(OC(C)=O)cc2)C(=O)C1=O. The Morgan fingerprint density at radius 3 is 2.18 bits per heavy atom. The van der Waals surface area contributed by atoms with Crippen molar-refractivity contribution in [1.82, 2.24) is 45.4 Å². The number of β-lactam (4-membered cyclic amide) rings is 1. The van der Waals surface area contributed by atoms with Gasteiger partial charge in [0.1, 0.15) is 22.9 Å². The van der Waals surface area contributed by atoms with E-state index in [4.69, 9.17) is 9.47 Å². The topological polar surface area (TPSA) is 269 Å². The van der Waals surface area contributed by atoms with Gasteiger partial charge in [-0.2, -0.15) is 0 Å². The molecule has 0 radical (unpaired) electrons. The molecule has 23 heteroatoms. The zero-order chi connectivity index (χ0) is 47.3. The number of aromatic nitrogens is 3. The zero-order valence-electron chi connectivity index (χ0n) is 35.4. The summed E-state index contributed by atoms with van der Waals surface area (Å²) in [6.07, 6.45) is -0.778. The number of H-pyrrole nitrogens is 1. The molecule has 0 saturated carbocycles. The number of piperazine rings is 1. The summed E-state index contributed by atoms with van der Waals surface area (Å²) in [5.41, 5.74) is -2.66. The summed E-state index contributed by atoms with van der Waals surface area (Å²) in [6.45, 7) is 2.92. The van der Waals surface area contributed by atoms with Crippen LogP contribution in [0.3, 0.4) is 0 Å². The van der Waals surface area contributed by atoms with Gasteiger partial charge in [-0.15, -0.1) is 16.9 Å². The molecule has 7 amide bonds. The first kappa shape index (κ1) is 46.5. The second-order valence-electron chi connectivity index (χ2n) is 14.8. The maximum absolute atomic E-state index is 14.8. The Hall–Kier alpha value is -7.53. The number of urea groups is 1. The number of hydrogen-bond donors (Lipinski definition) is 4. The summed E-state index contributed by atoms with van der Waals surface area (Å²) < 4.78 is 12.4. The fourth-order valence-electron chi connectivity index (χ4n) is 7.42. The number of likely N-dealkylation sites (N-methyl/N-ethyl adjacent to an activating group) is 1. The van der Waals surface area contributed by atoms with Crippen LogP contribution in [0.25, 0.3) is 0 Å². The van der Waals surface area contributed by atoms with Crippen LogP contribution in [0.4, 0.5) is 4.79 Å². The van der Waals surface area contributed by atoms with Crippen LogP contribution in [0.1, 0.15) is 42.7 Å². The van der Waals surface area contributed by atoms with Crippen molar-refractivity contribution in [2.75, 3.05) is 31.1 Å². The van der Waals surface area contributed by atoms with E-state index in [1.165, 1.54) is 43.1 Å². The highest BCUT2D eigenvalue weighted by molar-refractivity contribution is 8.01. The van der Waals surface area contributed by atoms with Gasteiger partial charge < -0.3 is 30.3 Å². The Labute approximate surface area is 383 Å². The number of aromatic amines is 1. The van der Waals surface area contributed by atoms with Gasteiger partial charge >= 0.3 is 40.9 Å². The van der Waals surface area contributed by atoms with Crippen LogP contribution in [0.15, 0.2) is 111 Å². The quantitative estimate of drug-likeness (QED) is 0.0243. The lowest BCUT2D eigenvalue weighted by molar-refractivity contribution is -0.164. The molecule has 3 aliphatic heterocycles. The van der Waals surface area contributed by atoms with Gasteiger partial charge in [0.05, 0.1) is 0 Å². The summed E-state index contributed by atoms with van der Waals surface area (Å²) in [6, 6.07) is 20.3. The van der Waals surface area contributed by atoms with E-state index in [-0.39, 0.29) is 59.7 Å². The van der Waals surface area contributed by atoms with E-state index < -0.39 is 75.9 Å². The molecule has 21 nitrogen and oxygen atoms in total. The van der Waals surface area contributed by atoms with Gasteiger partial charge in [-0.25, -0.2) is 14.7 Å². The molecule has 7 rings (SSSR count). The van der Waals surface area contributed by atoms with Crippen LogP contribution >= 0.6 is 23.5 Å². The molecule has 66 heavy (non-hydrogen) atoms. The first-order valence-corrected chi connectivity index (χ1v) is 22.2. The highest BCUT2D eigenvalue weighted by Crippen LogP contribution is 2.47. The van der Waals surface area contributed by atoms with Crippen molar-refractivity contribution >= 4 is 71.5 Å². The third-order valence-corrected chi connectivity index (χ3v) is 13.2. The molecule has 0 bridgehead atoms. The zero-order valence-corrected chi connectivity index (χ0v) is 37.0. The number of nitrogens with zero attached hydrogens (tertiary/aromatic N) is 5. The third-order valence-electron chi connectivity index (χ3n) is 10.7. The number of carbonyl (C=O) groups is 8. The molecule has 3 atom stereocenters. The van der Waals surface area contributed by atoms with E-state index >= 15 is 0 Å². The number of nitrogens with one attached hydrogen (secondary N) is 4. The first-order chi connectivity index (χ1) is 31.7. The van der Waals surface area contributed by atoms with Gasteiger partial charge in [0.15, 0.2) is 11.3 Å². The van der Waals surface area contributed by atoms with Crippen LogP contribution in [0, 0.1) is 0 Å². The van der Waals surface area contributed by atoms with E-state index in [1.54, 1.807) is 67.6 Å². The van der Waals surface area contributed by atoms with E-state index in [0.717, 1.165) is 33.0 Å². The standard InChI is InChI=1S/C43H41N9O12S2/c1-4-50-19-20-51(37(59)36(50)58)41(62)45-30(25-15-17-29(18-16-25)63-24(2)54)33(55)46-43(44-23-53)39(61)52-31(28(21-65-40(43)52)22-66-42-48-47-34(56)35(57)49(42)3)38(60)64-32(26-11-7-5-8-12-26)27-13-9-6-10-14-27/h5-18,23,30,32,40H,4,19-22H2,1-3H3,(H,44,53)(H,45,62)(H,46,55)(H,47,56)/t30?,40-,43+/m0/s1. The van der Waals surface area contributed by atoms with Crippen molar-refractivity contribution in [2.45, 2.75) is 42.2 Å². The predicted molar refractivity (Wildman–Crippen MR) is 235 cm³/mol. The second kappa shape index (κ2) is 19.7. The van der Waals surface area contributed by atoms with Crippen molar-refractivity contribution in [3.8, 4) is 5.75 Å². The number of carbonyl (C=O) groups excluding carboxylic acids is 8. The summed E-state index contributed by atoms with van der Waals surface area (Å²) in [5, 5.41) is 12.5. The molecule has 3 aliphatic rings. The van der Waals surface area contributed by atoms with Crippen LogP contribution in [-0.2, 0) is 45.3 Å². The van der Waals surface area contributed by atoms with Crippen molar-refractivity contribution in [3.05, 3.63) is 134 Å². The second-order valence-corrected chi connectivity index (χ2v) is 16.8. The molecular weight excluding hydrogens is 899 g/mol. The maximum atomic E-state index is 14.8. The van der Waals surface area contributed by atoms with E-state index in [0.29, 0.717) is 21.6 Å². The highest BCUT2D eigenvalue weighted by atomic mass is 32.2. The largest absolute Gasteiger partial charge is 0.448 e. The van der Waals surface area contributed by atoms with Crippen molar-refractivity contribution in [2.24, 2.45) is 7.05 Å². The molecule has 3 aromatic carbocycles. The van der Waals surface area contributed by atoms with Gasteiger partial charge in [-0.3, -0.25) is 52.7 Å². The predicted octanol–water partition coefficient (Wildman–Crippen LogP) is 0.688. The van der Waals surface area contributed by atoms with E-state index in [9.17, 15) is 47.9 Å². The van der Waals surface area contributed by atoms with Gasteiger partial charge in [0, 0.05) is 45.1 Å². The van der Waals surface area contributed by atoms with E-state index in [2.05, 4.69) is 26.1 Å². The molecule has 1 aromatic heterocycles. The lowest BCUT2D eigenvalue weighted by Crippen LogP contribution is -2.85. The van der Waals surface area contributed by atoms with Gasteiger partial charge in [-0.05, 0) is 41.3 Å². The minimum absolute atomic E-state index is 0.000329. The lowest BCUT2D eigenvalue weighted by atomic mass is 9.94. The fourth-order valence-corrected chi connectivity index (χ4v) is 9.90. The Morgan fingerprint density at radius 2 is 1.58 bits per heavy atom. The minimum Gasteiger partial charge on any atom is -0.448 e. The number of thioether (sulfide) groups is 2. The molecule has 2 saturated heterocycles. The number of amides is 7. The molecule has 2 fully saturated rings. The average Bonchev–Trinajstić information content (AvgIpc) is 3.32. The maximum Gasteiger partial charge on any atom is 0.356 e. The van der Waals surface area contributed by atoms with Gasteiger partial charge in [0.2, 0.25) is 18.0 Å². The highest BCUT2D eigenvalue weighted by Gasteiger charge is 2.66. The van der Waals surface area contributed by atoms with Gasteiger partial charge in [-0.1, -0.05) is 84.6 Å². The molecule has 0 spiro atoms. The molecule has 0 aliphatic carbocycles. The average molecular weight is 940 g/mol. The van der Waals surface area contributed by atoms with Crippen molar-refractivity contribution in [1.29, 1.82) is 0 Å². The Balaban J connectivity index is 1.23. The Morgan fingerprint density at radius 1 is 0.924 bits per heavy atom. The normalized spacial score (nSPS) is 18.5. The molecule has 1 unspecified atom stereocenters. The summed E-state index contributed by atoms with van der Waals surface area (Å²) in [7, 11) is 1.35. The number of ether oxygens (including phenoxy) is 2. The molecule has 342 valence electrons. The monoisotopic (exact) mass is 939 g/mol. The van der Waals surface area contributed by atoms with Crippen molar-refractivity contribution < 1.29 is 47.8 Å². The fraction of sp³-hybridized carbons (Fsp3) is 0.279. The molecular formula is C43H41N9O12S2. The Kier molecular flexibility index (Phi) is 13.9. The summed E-state index contributed by atoms with van der Waals surface area (Å²) in [5.74, 6) is -5.63. The van der Waals surface area contributed by atoms with Crippen LogP contribution in [0.5, 0.6) is 5.75 Å². The molecule has 4 N–H and O–H groups in total. The molecule has 4 aromatic rings. The van der Waals surface area contributed by atoms with Crippen LogP contribution in [0.2, 0.25) is 0 Å². The number of hydrogen-bond acceptors (Lipinski definition) is 15. The number of rotatable bonds is 15. The van der Waals surface area contributed by atoms with Crippen molar-refractivity contribution in [3.63, 3.8) is 0 Å². The number of imide groups is 1. The van der Waals surface area contributed by atoms with Crippen LogP contribution in [-0.4, -0.2) is 120 Å². The third kappa shape index (κ3) is 9.19. The lowest BCUT2D eigenvalue weighted by Gasteiger charge is -2.56. The first-order valence-electron chi connectivity index (χ1n) is 20.2. The summed E-state index contributed by atoms with van der Waals surface area (Å²) in [4.78, 5) is 135. The Bertz CT molecular complexity index is 2710. The summed E-state index contributed by atoms with van der Waals surface area (Å²) >= 11 is 2.05. The molecule has 4 heterocycles. The number of fused-ring (bicyclic) bond motifs is 1. The van der Waals surface area contributed by atoms with E-state index in [1.807, 2.05) is 0 Å². The minimum atomic E-state index is -2.24. The smallest absolute Gasteiger partial charge is 0.356 e. The van der Waals surface area contributed by atoms with Gasteiger partial charge in [0.25, 0.3) is 5.91 Å². The number of benzene rings is 3. The number of esters is 2.